The summed E-state index contributed by atoms with van der Waals surface area (Å²) in [4.78, 5) is 52.4. The fraction of sp³-hybridized carbons (Fsp3) is 0.414. The smallest absolute Gasteiger partial charge is 0.647 e. The van der Waals surface area contributed by atoms with E-state index in [4.69, 9.17) is 21.1 Å². The van der Waals surface area contributed by atoms with Crippen LogP contribution in [0.25, 0.3) is 38.2 Å². The number of piperazine rings is 1. The SMILES string of the molecule is C#Cc1cccc2cccc(-c3ncc4c(N5C[CH-]CC[N-]C5)nc(OCC5(CN6CCN(C(=O)C7CCN(Cc8ccc9c(c8)CN(C(=O)c8cc(C(C)C)c(O)cc8O)C9)CC7)CC6)CC5)nc4c3F)c12.[V+2]. The van der Waals surface area contributed by atoms with E-state index in [0.29, 0.717) is 80.4 Å². The largest absolute Gasteiger partial charge is 2.00 e. The van der Waals surface area contributed by atoms with Gasteiger partial charge in [0.2, 0.25) is 5.91 Å². The van der Waals surface area contributed by atoms with E-state index in [1.165, 1.54) is 11.6 Å². The molecule has 6 heterocycles. The number of piperidine rings is 1. The van der Waals surface area contributed by atoms with Crippen molar-refractivity contribution in [2.45, 2.75) is 71.5 Å². The number of phenols is 2. The van der Waals surface area contributed by atoms with Gasteiger partial charge in [-0.1, -0.05) is 75.0 Å². The molecule has 3 saturated heterocycles. The van der Waals surface area contributed by atoms with Gasteiger partial charge in [0.15, 0.2) is 5.82 Å². The maximum Gasteiger partial charge on any atom is 2.00 e. The van der Waals surface area contributed by atoms with E-state index < -0.39 is 5.82 Å². The Morgan fingerprint density at radius 1 is 0.932 bits per heavy atom. The van der Waals surface area contributed by atoms with Crippen LogP contribution in [0.5, 0.6) is 17.5 Å². The average Bonchev–Trinajstić information content (AvgIpc) is 4.12. The second-order valence-corrected chi connectivity index (χ2v) is 21.0. The Bertz CT molecular complexity index is 3130. The van der Waals surface area contributed by atoms with Crippen LogP contribution in [0.4, 0.5) is 10.2 Å². The Balaban J connectivity index is 0.00000626. The number of ether oxygens (including phenoxy) is 1. The van der Waals surface area contributed by atoms with Crippen LogP contribution in [0.15, 0.2) is 72.9 Å². The number of rotatable bonds is 12. The van der Waals surface area contributed by atoms with E-state index in [0.717, 1.165) is 93.3 Å². The molecule has 2 amide bonds. The van der Waals surface area contributed by atoms with Crippen molar-refractivity contribution in [1.82, 2.24) is 34.6 Å². The molecule has 16 heteroatoms. The predicted octanol–water partition coefficient (Wildman–Crippen LogP) is 8.61. The van der Waals surface area contributed by atoms with Gasteiger partial charge >= 0.3 is 24.6 Å². The van der Waals surface area contributed by atoms with Gasteiger partial charge in [-0.15, -0.1) is 13.0 Å². The zero-order valence-electron chi connectivity index (χ0n) is 42.1. The molecule has 11 rings (SSSR count). The van der Waals surface area contributed by atoms with Crippen LogP contribution in [-0.2, 0) is 43.0 Å². The molecule has 381 valence electrons. The first-order chi connectivity index (χ1) is 35.4. The summed E-state index contributed by atoms with van der Waals surface area (Å²) in [5.41, 5.74) is 5.70. The number of aromatic nitrogens is 3. The first-order valence-corrected chi connectivity index (χ1v) is 25.8. The van der Waals surface area contributed by atoms with Crippen molar-refractivity contribution < 1.29 is 47.5 Å². The first kappa shape index (κ1) is 51.2. The van der Waals surface area contributed by atoms with Crippen LogP contribution >= 0.6 is 0 Å². The Labute approximate surface area is 444 Å². The number of likely N-dealkylation sites (tertiary alicyclic amines) is 1. The van der Waals surface area contributed by atoms with Crippen molar-refractivity contribution >= 4 is 39.3 Å². The van der Waals surface area contributed by atoms with Gasteiger partial charge < -0.3 is 41.4 Å². The second kappa shape index (κ2) is 21.5. The molecule has 4 aromatic carbocycles. The van der Waals surface area contributed by atoms with Crippen LogP contribution in [0.2, 0.25) is 0 Å². The van der Waals surface area contributed by atoms with Crippen molar-refractivity contribution in [2.24, 2.45) is 11.3 Å². The molecule has 4 fully saturated rings. The van der Waals surface area contributed by atoms with Gasteiger partial charge in [0.1, 0.15) is 28.5 Å². The van der Waals surface area contributed by atoms with Crippen molar-refractivity contribution in [3.8, 4) is 41.1 Å². The minimum absolute atomic E-state index is 0. The molecule has 74 heavy (non-hydrogen) atoms. The third kappa shape index (κ3) is 10.4. The molecule has 14 nitrogen and oxygen atoms in total. The number of terminal acetylenes is 1. The van der Waals surface area contributed by atoms with E-state index in [1.54, 1.807) is 17.2 Å². The molecular weight excluding hydrogens is 973 g/mol. The summed E-state index contributed by atoms with van der Waals surface area (Å²) in [7, 11) is 0. The van der Waals surface area contributed by atoms with Crippen LogP contribution < -0.4 is 9.64 Å². The van der Waals surface area contributed by atoms with E-state index in [9.17, 15) is 19.8 Å². The molecule has 0 unspecified atom stereocenters. The molecule has 0 atom stereocenters. The van der Waals surface area contributed by atoms with E-state index in [2.05, 4.69) is 55.5 Å². The Morgan fingerprint density at radius 3 is 2.46 bits per heavy atom. The molecule has 4 aliphatic heterocycles. The fourth-order valence-electron chi connectivity index (χ4n) is 11.3. The summed E-state index contributed by atoms with van der Waals surface area (Å²) in [6, 6.07) is 20.8. The molecule has 1 radical (unpaired) electrons. The summed E-state index contributed by atoms with van der Waals surface area (Å²) in [6.45, 7) is 13.2. The fourth-order valence-corrected chi connectivity index (χ4v) is 11.3. The van der Waals surface area contributed by atoms with Gasteiger partial charge in [0.05, 0.1) is 17.6 Å². The van der Waals surface area contributed by atoms with Crippen LogP contribution in [0.1, 0.15) is 90.0 Å². The topological polar surface area (TPSA) is 153 Å². The minimum Gasteiger partial charge on any atom is -0.647 e. The number of pyridine rings is 1. The summed E-state index contributed by atoms with van der Waals surface area (Å²) < 4.78 is 23.5. The molecule has 6 aromatic rings. The number of anilines is 1. The van der Waals surface area contributed by atoms with Gasteiger partial charge in [0.25, 0.3) is 5.91 Å². The number of hydrogen-bond acceptors (Lipinski definition) is 11. The normalized spacial score (nSPS) is 18.3. The molecule has 1 saturated carbocycles. The second-order valence-electron chi connectivity index (χ2n) is 21.0. The number of benzene rings is 4. The van der Waals surface area contributed by atoms with Gasteiger partial charge in [-0.3, -0.25) is 24.4 Å². The number of halogens is 1. The molecule has 5 aliphatic rings. The number of fused-ring (bicyclic) bond motifs is 3. The molecule has 1 aliphatic carbocycles. The monoisotopic (exact) mass is 1030 g/mol. The van der Waals surface area contributed by atoms with E-state index in [-0.39, 0.29) is 81.9 Å². The minimum atomic E-state index is -0.559. The Kier molecular flexibility index (Phi) is 14.9. The maximum atomic E-state index is 17.0. The standard InChI is InChI=1S/C58H62FN9O5.V/c1-4-39-9-7-10-40-11-8-12-44(50(39)40)52-51(59)53-47(30-61-52)54(67-20-6-5-19-60-36-67)63-57(62-53)73-35-58(17-18-58)34-65-23-25-66(26-24-65)55(71)41-15-21-64(22-16-41)31-38-13-14-42-32-68(33-43(42)27-38)56(72)46-28-45(37(2)3)48(69)29-49(46)70;/h1,6-14,27-30,37,41,69-70H,5,15-26,31-36H2,2-3H3;/q-2;+2. The summed E-state index contributed by atoms with van der Waals surface area (Å²) in [5.74, 6) is 2.53. The van der Waals surface area contributed by atoms with Gasteiger partial charge in [-0.2, -0.15) is 22.9 Å². The van der Waals surface area contributed by atoms with Crippen molar-refractivity contribution in [2.75, 3.05) is 77.1 Å². The maximum absolute atomic E-state index is 17.0. The molecule has 2 aromatic heterocycles. The third-order valence-electron chi connectivity index (χ3n) is 15.7. The average molecular weight is 1040 g/mol. The first-order valence-electron chi connectivity index (χ1n) is 25.8. The van der Waals surface area contributed by atoms with Crippen LogP contribution in [0.3, 0.4) is 0 Å². The molecule has 0 spiro atoms. The third-order valence-corrected chi connectivity index (χ3v) is 15.7. The number of nitrogens with zero attached hydrogens (tertiary/aromatic N) is 9. The Morgan fingerprint density at radius 2 is 1.70 bits per heavy atom. The summed E-state index contributed by atoms with van der Waals surface area (Å²) in [6.07, 6.45) is 14.2. The zero-order chi connectivity index (χ0) is 50.4. The summed E-state index contributed by atoms with van der Waals surface area (Å²) in [5, 5.41) is 27.7. The number of hydrogen-bond donors (Lipinski definition) is 2. The van der Waals surface area contributed by atoms with Gasteiger partial charge in [-0.05, 0) is 84.5 Å². The van der Waals surface area contributed by atoms with E-state index in [1.807, 2.05) is 55.1 Å². The predicted molar refractivity (Wildman–Crippen MR) is 280 cm³/mol. The quantitative estimate of drug-likeness (QED) is 0.0896. The van der Waals surface area contributed by atoms with Crippen LogP contribution in [0, 0.1) is 35.9 Å². The van der Waals surface area contributed by atoms with Gasteiger partial charge in [-0.25, -0.2) is 4.39 Å². The zero-order valence-corrected chi connectivity index (χ0v) is 43.5. The number of amides is 2. The number of aromatic hydroxyl groups is 2. The van der Waals surface area contributed by atoms with Gasteiger partial charge in [0, 0.05) is 92.5 Å². The summed E-state index contributed by atoms with van der Waals surface area (Å²) >= 11 is 0. The van der Waals surface area contributed by atoms with Crippen molar-refractivity contribution in [3.05, 3.63) is 124 Å². The number of carbonyl (C=O) groups is 2. The number of carbonyl (C=O) groups excluding carboxylic acids is 2. The Hall–Kier alpha value is -6.28. The van der Waals surface area contributed by atoms with E-state index >= 15 is 4.39 Å². The van der Waals surface area contributed by atoms with Crippen LogP contribution in [-0.4, -0.2) is 129 Å². The molecule has 2 N–H and O–H groups in total. The molecular formula is C58H62FN9O5V. The van der Waals surface area contributed by atoms with Crippen molar-refractivity contribution in [1.29, 1.82) is 0 Å². The van der Waals surface area contributed by atoms with Crippen molar-refractivity contribution in [3.63, 3.8) is 0 Å². The number of phenolic OH excluding ortho intramolecular Hbond substituents is 2. The molecule has 0 bridgehead atoms.